The van der Waals surface area contributed by atoms with Crippen LogP contribution in [0.5, 0.6) is 0 Å². The molecule has 60 valence electrons. The number of nitrogens with two attached hydrogens (primary N) is 2. The standard InChI is InChI=1S/C9H14N2/c1-7(10)6-8-2-4-9(11)5-3-8/h2-5,7H,6,10-11H2,1H3. The van der Waals surface area contributed by atoms with Crippen molar-refractivity contribution in [1.82, 2.24) is 0 Å². The second kappa shape index (κ2) is 3.39. The fourth-order valence-electron chi connectivity index (χ4n) is 1.03. The maximum Gasteiger partial charge on any atom is 0.0314 e. The highest BCUT2D eigenvalue weighted by Gasteiger charge is 1.95. The van der Waals surface area contributed by atoms with Gasteiger partial charge in [-0.3, -0.25) is 0 Å². The van der Waals surface area contributed by atoms with Gasteiger partial charge in [-0.1, -0.05) is 12.1 Å². The average molecular weight is 150 g/mol. The molecular formula is C9H14N2. The molecule has 0 fully saturated rings. The van der Waals surface area contributed by atoms with Gasteiger partial charge in [-0.25, -0.2) is 0 Å². The quantitative estimate of drug-likeness (QED) is 0.621. The zero-order valence-corrected chi connectivity index (χ0v) is 6.75. The number of benzene rings is 1. The summed E-state index contributed by atoms with van der Waals surface area (Å²) in [6.45, 7) is 2.00. The second-order valence-corrected chi connectivity index (χ2v) is 2.92. The Balaban J connectivity index is 2.66. The molecular weight excluding hydrogens is 136 g/mol. The summed E-state index contributed by atoms with van der Waals surface area (Å²) in [6.07, 6.45) is 0.917. The molecule has 0 heterocycles. The molecule has 1 atom stereocenters. The van der Waals surface area contributed by atoms with Crippen molar-refractivity contribution in [3.63, 3.8) is 0 Å². The fraction of sp³-hybridized carbons (Fsp3) is 0.333. The van der Waals surface area contributed by atoms with Crippen molar-refractivity contribution in [1.29, 1.82) is 0 Å². The van der Waals surface area contributed by atoms with E-state index < -0.39 is 0 Å². The summed E-state index contributed by atoms with van der Waals surface area (Å²) >= 11 is 0. The van der Waals surface area contributed by atoms with E-state index in [0.717, 1.165) is 12.1 Å². The van der Waals surface area contributed by atoms with Gasteiger partial charge >= 0.3 is 0 Å². The molecule has 0 aliphatic heterocycles. The summed E-state index contributed by atoms with van der Waals surface area (Å²) in [5.41, 5.74) is 13.2. The average Bonchev–Trinajstić information content (AvgIpc) is 1.93. The molecule has 4 N–H and O–H groups in total. The van der Waals surface area contributed by atoms with E-state index in [4.69, 9.17) is 11.5 Å². The number of hydrogen-bond donors (Lipinski definition) is 2. The molecule has 11 heavy (non-hydrogen) atoms. The molecule has 0 saturated heterocycles. The Morgan fingerprint density at radius 3 is 2.27 bits per heavy atom. The molecule has 0 aromatic heterocycles. The first-order chi connectivity index (χ1) is 5.18. The van der Waals surface area contributed by atoms with Crippen molar-refractivity contribution in [3.05, 3.63) is 29.8 Å². The summed E-state index contributed by atoms with van der Waals surface area (Å²) in [7, 11) is 0. The summed E-state index contributed by atoms with van der Waals surface area (Å²) in [6, 6.07) is 8.05. The SMILES string of the molecule is CC(N)Cc1ccc(N)cc1. The first kappa shape index (κ1) is 8.08. The minimum atomic E-state index is 0.221. The lowest BCUT2D eigenvalue weighted by atomic mass is 10.1. The third-order valence-electron chi connectivity index (χ3n) is 1.54. The third kappa shape index (κ3) is 2.60. The van der Waals surface area contributed by atoms with Crippen LogP contribution in [0.4, 0.5) is 5.69 Å². The zero-order valence-electron chi connectivity index (χ0n) is 6.75. The van der Waals surface area contributed by atoms with Gasteiger partial charge in [0.05, 0.1) is 0 Å². The molecule has 0 bridgehead atoms. The molecule has 1 aromatic rings. The van der Waals surface area contributed by atoms with Crippen molar-refractivity contribution in [2.24, 2.45) is 5.73 Å². The van der Waals surface area contributed by atoms with Gasteiger partial charge in [0, 0.05) is 11.7 Å². The smallest absolute Gasteiger partial charge is 0.0314 e. The number of hydrogen-bond acceptors (Lipinski definition) is 2. The van der Waals surface area contributed by atoms with Crippen molar-refractivity contribution < 1.29 is 0 Å². The van der Waals surface area contributed by atoms with Crippen molar-refractivity contribution in [3.8, 4) is 0 Å². The molecule has 1 aromatic carbocycles. The lowest BCUT2D eigenvalue weighted by Crippen LogP contribution is -2.17. The number of nitrogen functional groups attached to an aromatic ring is 1. The van der Waals surface area contributed by atoms with Crippen LogP contribution in [-0.4, -0.2) is 6.04 Å². The van der Waals surface area contributed by atoms with Crippen LogP contribution in [0.1, 0.15) is 12.5 Å². The molecule has 0 amide bonds. The van der Waals surface area contributed by atoms with Gasteiger partial charge in [-0.05, 0) is 31.0 Å². The first-order valence-corrected chi connectivity index (χ1v) is 3.78. The fourth-order valence-corrected chi connectivity index (χ4v) is 1.03. The Labute approximate surface area is 67.2 Å². The minimum absolute atomic E-state index is 0.221. The van der Waals surface area contributed by atoms with Crippen molar-refractivity contribution in [2.45, 2.75) is 19.4 Å². The summed E-state index contributed by atoms with van der Waals surface area (Å²) < 4.78 is 0. The third-order valence-corrected chi connectivity index (χ3v) is 1.54. The van der Waals surface area contributed by atoms with E-state index in [0.29, 0.717) is 0 Å². The van der Waals surface area contributed by atoms with Crippen molar-refractivity contribution in [2.75, 3.05) is 5.73 Å². The lowest BCUT2D eigenvalue weighted by molar-refractivity contribution is 0.738. The Hall–Kier alpha value is -1.02. The van der Waals surface area contributed by atoms with E-state index in [2.05, 4.69) is 0 Å². The second-order valence-electron chi connectivity index (χ2n) is 2.92. The van der Waals surface area contributed by atoms with Crippen LogP contribution in [0.25, 0.3) is 0 Å². The van der Waals surface area contributed by atoms with Gasteiger partial charge in [-0.2, -0.15) is 0 Å². The molecule has 0 aliphatic rings. The van der Waals surface area contributed by atoms with E-state index in [-0.39, 0.29) is 6.04 Å². The maximum absolute atomic E-state index is 5.63. The van der Waals surface area contributed by atoms with Crippen LogP contribution in [0.2, 0.25) is 0 Å². The molecule has 0 spiro atoms. The predicted molar refractivity (Wildman–Crippen MR) is 48.2 cm³/mol. The van der Waals surface area contributed by atoms with Crippen LogP contribution < -0.4 is 11.5 Å². The van der Waals surface area contributed by atoms with Crippen LogP contribution >= 0.6 is 0 Å². The molecule has 0 aliphatic carbocycles. The van der Waals surface area contributed by atoms with E-state index in [9.17, 15) is 0 Å². The lowest BCUT2D eigenvalue weighted by Gasteiger charge is -2.04. The molecule has 2 heteroatoms. The van der Waals surface area contributed by atoms with E-state index >= 15 is 0 Å². The highest BCUT2D eigenvalue weighted by molar-refractivity contribution is 5.39. The largest absolute Gasteiger partial charge is 0.399 e. The van der Waals surface area contributed by atoms with E-state index in [1.807, 2.05) is 31.2 Å². The van der Waals surface area contributed by atoms with Gasteiger partial charge in [0.2, 0.25) is 0 Å². The van der Waals surface area contributed by atoms with Gasteiger partial charge in [0.1, 0.15) is 0 Å². The van der Waals surface area contributed by atoms with E-state index in [1.165, 1.54) is 5.56 Å². The van der Waals surface area contributed by atoms with Gasteiger partial charge in [-0.15, -0.1) is 0 Å². The monoisotopic (exact) mass is 150 g/mol. The minimum Gasteiger partial charge on any atom is -0.399 e. The normalized spacial score (nSPS) is 12.9. The van der Waals surface area contributed by atoms with Gasteiger partial charge < -0.3 is 11.5 Å². The first-order valence-electron chi connectivity index (χ1n) is 3.78. The number of rotatable bonds is 2. The molecule has 0 radical (unpaired) electrons. The number of anilines is 1. The Morgan fingerprint density at radius 2 is 1.82 bits per heavy atom. The Bertz CT molecular complexity index is 214. The summed E-state index contributed by atoms with van der Waals surface area (Å²) in [5.74, 6) is 0. The van der Waals surface area contributed by atoms with Gasteiger partial charge in [0.15, 0.2) is 0 Å². The van der Waals surface area contributed by atoms with E-state index in [1.54, 1.807) is 0 Å². The highest BCUT2D eigenvalue weighted by Crippen LogP contribution is 2.06. The maximum atomic E-state index is 5.63. The molecule has 0 saturated carbocycles. The zero-order chi connectivity index (χ0) is 8.27. The Morgan fingerprint density at radius 1 is 1.27 bits per heavy atom. The Kier molecular flexibility index (Phi) is 2.49. The van der Waals surface area contributed by atoms with Gasteiger partial charge in [0.25, 0.3) is 0 Å². The molecule has 1 rings (SSSR count). The van der Waals surface area contributed by atoms with Crippen LogP contribution in [0, 0.1) is 0 Å². The summed E-state index contributed by atoms with van der Waals surface area (Å²) in [5, 5.41) is 0. The van der Waals surface area contributed by atoms with Crippen LogP contribution in [0.15, 0.2) is 24.3 Å². The predicted octanol–water partition coefficient (Wildman–Crippen LogP) is 1.16. The topological polar surface area (TPSA) is 52.0 Å². The van der Waals surface area contributed by atoms with Crippen LogP contribution in [0.3, 0.4) is 0 Å². The molecule has 2 nitrogen and oxygen atoms in total. The van der Waals surface area contributed by atoms with Crippen LogP contribution in [-0.2, 0) is 6.42 Å². The summed E-state index contributed by atoms with van der Waals surface area (Å²) in [4.78, 5) is 0. The highest BCUT2D eigenvalue weighted by atomic mass is 14.6. The van der Waals surface area contributed by atoms with Crippen molar-refractivity contribution >= 4 is 5.69 Å². The molecule has 1 unspecified atom stereocenters.